The number of hydrogen-bond donors (Lipinski definition) is 2. The second kappa shape index (κ2) is 6.90. The average molecular weight is 336 g/mol. The molecule has 6 heteroatoms. The van der Waals surface area contributed by atoms with Crippen LogP contribution in [0.5, 0.6) is 0 Å². The van der Waals surface area contributed by atoms with E-state index in [0.717, 1.165) is 45.0 Å². The summed E-state index contributed by atoms with van der Waals surface area (Å²) in [4.78, 5) is 18.4. The van der Waals surface area contributed by atoms with Gasteiger partial charge in [-0.05, 0) is 19.8 Å². The summed E-state index contributed by atoms with van der Waals surface area (Å²) in [5, 5.41) is 7.20. The Morgan fingerprint density at radius 2 is 2.08 bits per heavy atom. The second-order valence-corrected chi connectivity index (χ2v) is 7.83. The van der Waals surface area contributed by atoms with Gasteiger partial charge in [-0.15, -0.1) is 0 Å². The number of guanidine groups is 1. The van der Waals surface area contributed by atoms with E-state index in [9.17, 15) is 4.79 Å². The van der Waals surface area contributed by atoms with Gasteiger partial charge in [-0.3, -0.25) is 9.79 Å². The van der Waals surface area contributed by atoms with E-state index in [2.05, 4.69) is 36.4 Å². The van der Waals surface area contributed by atoms with Crippen molar-refractivity contribution in [3.8, 4) is 0 Å². The maximum Gasteiger partial charge on any atom is 0.222 e. The zero-order chi connectivity index (χ0) is 17.3. The molecule has 0 aromatic carbocycles. The fourth-order valence-corrected chi connectivity index (χ4v) is 4.58. The zero-order valence-electron chi connectivity index (χ0n) is 15.5. The molecule has 2 N–H and O–H groups in total. The quantitative estimate of drug-likeness (QED) is 0.601. The Balaban J connectivity index is 1.58. The van der Waals surface area contributed by atoms with Gasteiger partial charge in [-0.25, -0.2) is 0 Å². The summed E-state index contributed by atoms with van der Waals surface area (Å²) in [5.41, 5.74) is 0.136. The summed E-state index contributed by atoms with van der Waals surface area (Å²) in [6.45, 7) is 11.8. The predicted octanol–water partition coefficient (Wildman–Crippen LogP) is 1.37. The van der Waals surface area contributed by atoms with Crippen LogP contribution in [0, 0.1) is 11.3 Å². The van der Waals surface area contributed by atoms with Gasteiger partial charge in [0.2, 0.25) is 5.91 Å². The second-order valence-electron chi connectivity index (χ2n) is 7.83. The molecule has 1 saturated carbocycles. The van der Waals surface area contributed by atoms with Crippen LogP contribution in [0.1, 0.15) is 47.0 Å². The number of amides is 1. The fraction of sp³-hybridized carbons (Fsp3) is 0.889. The maximum absolute atomic E-state index is 11.9. The van der Waals surface area contributed by atoms with E-state index in [-0.39, 0.29) is 17.4 Å². The van der Waals surface area contributed by atoms with Crippen molar-refractivity contribution in [2.45, 2.75) is 65.1 Å². The molecular formula is C18H32N4O2. The number of fused-ring (bicyclic) bond motifs is 1. The molecule has 0 aromatic rings. The van der Waals surface area contributed by atoms with Gasteiger partial charge in [0.05, 0.1) is 6.10 Å². The lowest BCUT2D eigenvalue weighted by atomic mass is 9.57. The van der Waals surface area contributed by atoms with E-state index in [1.54, 1.807) is 0 Å². The fourth-order valence-electron chi connectivity index (χ4n) is 4.58. The van der Waals surface area contributed by atoms with Crippen molar-refractivity contribution in [2.24, 2.45) is 16.3 Å². The van der Waals surface area contributed by atoms with Crippen LogP contribution in [0.15, 0.2) is 4.99 Å². The van der Waals surface area contributed by atoms with Crippen molar-refractivity contribution in [1.29, 1.82) is 0 Å². The van der Waals surface area contributed by atoms with Gasteiger partial charge in [0, 0.05) is 56.1 Å². The number of nitrogens with one attached hydrogen (secondary N) is 2. The molecule has 2 aliphatic heterocycles. The summed E-state index contributed by atoms with van der Waals surface area (Å²) >= 11 is 0. The highest BCUT2D eigenvalue weighted by molar-refractivity contribution is 5.81. The largest absolute Gasteiger partial charge is 0.377 e. The summed E-state index contributed by atoms with van der Waals surface area (Å²) in [6, 6.07) is 0.690. The average Bonchev–Trinajstić information content (AvgIpc) is 3.20. The first-order chi connectivity index (χ1) is 11.5. The van der Waals surface area contributed by atoms with Gasteiger partial charge in [-0.2, -0.15) is 0 Å². The van der Waals surface area contributed by atoms with E-state index in [1.165, 1.54) is 0 Å². The van der Waals surface area contributed by atoms with Crippen LogP contribution in [-0.4, -0.2) is 61.2 Å². The van der Waals surface area contributed by atoms with E-state index in [4.69, 9.17) is 4.74 Å². The molecule has 0 radical (unpaired) electrons. The van der Waals surface area contributed by atoms with Crippen LogP contribution in [0.25, 0.3) is 0 Å². The summed E-state index contributed by atoms with van der Waals surface area (Å²) < 4.78 is 5.88. The molecule has 6 nitrogen and oxygen atoms in total. The summed E-state index contributed by atoms with van der Waals surface area (Å²) in [6.07, 6.45) is 3.08. The molecule has 1 amide bonds. The SMILES string of the molecule is CCN=C(NC1CCN(C(=O)CC)C1)NC1C2CCOC2C1(C)C. The van der Waals surface area contributed by atoms with Crippen LogP contribution in [0.2, 0.25) is 0 Å². The minimum atomic E-state index is 0.136. The van der Waals surface area contributed by atoms with Gasteiger partial charge in [0.1, 0.15) is 0 Å². The number of carbonyl (C=O) groups excluding carboxylic acids is 1. The van der Waals surface area contributed by atoms with Gasteiger partial charge in [0.25, 0.3) is 0 Å². The lowest BCUT2D eigenvalue weighted by Crippen LogP contribution is -2.68. The van der Waals surface area contributed by atoms with E-state index in [1.807, 2.05) is 11.8 Å². The summed E-state index contributed by atoms with van der Waals surface area (Å²) in [5.74, 6) is 1.72. The number of hydrogen-bond acceptors (Lipinski definition) is 3. The minimum Gasteiger partial charge on any atom is -0.377 e. The molecule has 0 bridgehead atoms. The Labute approximate surface area is 145 Å². The first kappa shape index (κ1) is 17.5. The predicted molar refractivity (Wildman–Crippen MR) is 94.9 cm³/mol. The van der Waals surface area contributed by atoms with Crippen molar-refractivity contribution in [1.82, 2.24) is 15.5 Å². The van der Waals surface area contributed by atoms with E-state index < -0.39 is 0 Å². The third-order valence-electron chi connectivity index (χ3n) is 5.89. The van der Waals surface area contributed by atoms with Crippen LogP contribution in [-0.2, 0) is 9.53 Å². The molecule has 3 rings (SSSR count). The first-order valence-corrected chi connectivity index (χ1v) is 9.44. The topological polar surface area (TPSA) is 66.0 Å². The number of aliphatic imine (C=N–C) groups is 1. The Hall–Kier alpha value is -1.30. The molecule has 3 aliphatic rings. The molecule has 4 unspecified atom stereocenters. The van der Waals surface area contributed by atoms with Crippen molar-refractivity contribution in [3.63, 3.8) is 0 Å². The molecule has 0 spiro atoms. The number of ether oxygens (including phenoxy) is 1. The molecule has 2 heterocycles. The summed E-state index contributed by atoms with van der Waals surface area (Å²) in [7, 11) is 0. The smallest absolute Gasteiger partial charge is 0.222 e. The molecule has 2 saturated heterocycles. The molecule has 4 atom stereocenters. The van der Waals surface area contributed by atoms with Crippen molar-refractivity contribution < 1.29 is 9.53 Å². The molecule has 3 fully saturated rings. The number of likely N-dealkylation sites (tertiary alicyclic amines) is 1. The molecule has 136 valence electrons. The van der Waals surface area contributed by atoms with E-state index in [0.29, 0.717) is 24.5 Å². The van der Waals surface area contributed by atoms with Gasteiger partial charge in [0.15, 0.2) is 5.96 Å². The highest BCUT2D eigenvalue weighted by Crippen LogP contribution is 2.52. The van der Waals surface area contributed by atoms with Crippen LogP contribution >= 0.6 is 0 Å². The van der Waals surface area contributed by atoms with Crippen molar-refractivity contribution in [2.75, 3.05) is 26.2 Å². The van der Waals surface area contributed by atoms with Crippen LogP contribution in [0.4, 0.5) is 0 Å². The van der Waals surface area contributed by atoms with E-state index >= 15 is 0 Å². The third kappa shape index (κ3) is 3.13. The van der Waals surface area contributed by atoms with Gasteiger partial charge in [-0.1, -0.05) is 20.8 Å². The Bertz CT molecular complexity index is 505. The lowest BCUT2D eigenvalue weighted by molar-refractivity contribution is -0.129. The first-order valence-electron chi connectivity index (χ1n) is 9.44. The number of rotatable bonds is 4. The molecule has 1 aliphatic carbocycles. The van der Waals surface area contributed by atoms with Crippen LogP contribution < -0.4 is 10.6 Å². The van der Waals surface area contributed by atoms with Crippen molar-refractivity contribution >= 4 is 11.9 Å². The third-order valence-corrected chi connectivity index (χ3v) is 5.89. The highest BCUT2D eigenvalue weighted by atomic mass is 16.5. The van der Waals surface area contributed by atoms with Crippen LogP contribution in [0.3, 0.4) is 0 Å². The normalized spacial score (nSPS) is 34.7. The molecule has 0 aromatic heterocycles. The molecular weight excluding hydrogens is 304 g/mol. The molecule has 24 heavy (non-hydrogen) atoms. The monoisotopic (exact) mass is 336 g/mol. The number of carbonyl (C=O) groups is 1. The van der Waals surface area contributed by atoms with Gasteiger partial charge >= 0.3 is 0 Å². The minimum absolute atomic E-state index is 0.136. The Kier molecular flexibility index (Phi) is 5.04. The maximum atomic E-state index is 11.9. The van der Waals surface area contributed by atoms with Crippen molar-refractivity contribution in [3.05, 3.63) is 0 Å². The number of nitrogens with zero attached hydrogens (tertiary/aromatic N) is 2. The highest BCUT2D eigenvalue weighted by Gasteiger charge is 2.59. The Morgan fingerprint density at radius 3 is 2.79 bits per heavy atom. The standard InChI is InChI=1S/C18H32N4O2/c1-5-14(23)22-9-7-12(11-22)20-17(19-6-2)21-15-13-8-10-24-16(13)18(15,3)4/h12-13,15-16H,5-11H2,1-4H3,(H2,19,20,21). The zero-order valence-corrected chi connectivity index (χ0v) is 15.5. The lowest BCUT2D eigenvalue weighted by Gasteiger charge is -2.55. The Morgan fingerprint density at radius 1 is 1.29 bits per heavy atom. The van der Waals surface area contributed by atoms with Gasteiger partial charge < -0.3 is 20.3 Å².